The maximum absolute atomic E-state index is 13.7. The minimum Gasteiger partial charge on any atom is -0.377 e. The lowest BCUT2D eigenvalue weighted by Crippen LogP contribution is -2.39. The quantitative estimate of drug-likeness (QED) is 0.871. The van der Waals surface area contributed by atoms with E-state index in [0.717, 1.165) is 0 Å². The summed E-state index contributed by atoms with van der Waals surface area (Å²) in [6.07, 6.45) is 0.463. The van der Waals surface area contributed by atoms with Crippen molar-refractivity contribution in [1.29, 1.82) is 0 Å². The van der Waals surface area contributed by atoms with Gasteiger partial charge in [0.15, 0.2) is 0 Å². The van der Waals surface area contributed by atoms with Crippen molar-refractivity contribution >= 4 is 10.0 Å². The molecule has 1 aromatic rings. The minimum absolute atomic E-state index is 0.0379. The Kier molecular flexibility index (Phi) is 4.43. The molecule has 1 aromatic carbocycles. The number of aryl methyl sites for hydroxylation is 1. The average molecular weight is 302 g/mol. The van der Waals surface area contributed by atoms with E-state index in [4.69, 9.17) is 10.5 Å². The predicted molar refractivity (Wildman–Crippen MR) is 73.2 cm³/mol. The molecule has 0 saturated carbocycles. The largest absolute Gasteiger partial charge is 0.377 e. The van der Waals surface area contributed by atoms with Gasteiger partial charge in [-0.25, -0.2) is 17.5 Å². The Bertz CT molecular complexity index is 604. The lowest BCUT2D eigenvalue weighted by atomic mass is 10.1. The fourth-order valence-corrected chi connectivity index (χ4v) is 3.74. The fourth-order valence-electron chi connectivity index (χ4n) is 2.26. The number of rotatable bonds is 4. The molecule has 0 aliphatic carbocycles. The summed E-state index contributed by atoms with van der Waals surface area (Å²) in [5, 5.41) is 0. The molecule has 2 atom stereocenters. The van der Waals surface area contributed by atoms with Crippen LogP contribution in [0.15, 0.2) is 17.0 Å². The zero-order valence-electron chi connectivity index (χ0n) is 11.5. The summed E-state index contributed by atoms with van der Waals surface area (Å²) in [6, 6.07) is 2.34. The molecule has 0 radical (unpaired) electrons. The first kappa shape index (κ1) is 15.4. The Labute approximate surface area is 118 Å². The van der Waals surface area contributed by atoms with Crippen LogP contribution in [0.3, 0.4) is 0 Å². The first-order chi connectivity index (χ1) is 9.35. The van der Waals surface area contributed by atoms with E-state index in [-0.39, 0.29) is 34.7 Å². The van der Waals surface area contributed by atoms with E-state index < -0.39 is 15.8 Å². The van der Waals surface area contributed by atoms with Gasteiger partial charge in [-0.1, -0.05) is 0 Å². The van der Waals surface area contributed by atoms with Crippen molar-refractivity contribution in [3.8, 4) is 0 Å². The third kappa shape index (κ3) is 3.01. The molecule has 2 rings (SSSR count). The third-order valence-electron chi connectivity index (χ3n) is 3.52. The zero-order valence-corrected chi connectivity index (χ0v) is 12.3. The van der Waals surface area contributed by atoms with Crippen LogP contribution >= 0.6 is 0 Å². The van der Waals surface area contributed by atoms with Crippen molar-refractivity contribution in [1.82, 2.24) is 4.72 Å². The van der Waals surface area contributed by atoms with E-state index in [1.165, 1.54) is 19.1 Å². The van der Waals surface area contributed by atoms with E-state index in [0.29, 0.717) is 13.0 Å². The molecule has 5 nitrogen and oxygen atoms in total. The number of nitrogens with one attached hydrogen (secondary N) is 1. The first-order valence-electron chi connectivity index (χ1n) is 6.48. The van der Waals surface area contributed by atoms with Crippen molar-refractivity contribution in [2.24, 2.45) is 5.73 Å². The van der Waals surface area contributed by atoms with Crippen LogP contribution in [-0.4, -0.2) is 27.2 Å². The van der Waals surface area contributed by atoms with Gasteiger partial charge in [-0.15, -0.1) is 0 Å². The van der Waals surface area contributed by atoms with Crippen molar-refractivity contribution in [2.45, 2.75) is 43.9 Å². The smallest absolute Gasteiger partial charge is 0.240 e. The van der Waals surface area contributed by atoms with Gasteiger partial charge in [0.1, 0.15) is 5.82 Å². The van der Waals surface area contributed by atoms with Crippen LogP contribution in [0.2, 0.25) is 0 Å². The number of halogens is 1. The molecular weight excluding hydrogens is 283 g/mol. The molecule has 0 aromatic heterocycles. The highest BCUT2D eigenvalue weighted by atomic mass is 32.2. The Morgan fingerprint density at radius 1 is 1.50 bits per heavy atom. The monoisotopic (exact) mass is 302 g/mol. The van der Waals surface area contributed by atoms with Gasteiger partial charge in [-0.05, 0) is 38.0 Å². The minimum atomic E-state index is -3.70. The molecule has 2 unspecified atom stereocenters. The van der Waals surface area contributed by atoms with Crippen LogP contribution in [0.5, 0.6) is 0 Å². The molecule has 0 spiro atoms. The van der Waals surface area contributed by atoms with E-state index in [1.807, 2.05) is 6.92 Å². The van der Waals surface area contributed by atoms with Crippen molar-refractivity contribution in [3.05, 3.63) is 29.1 Å². The number of nitrogens with two attached hydrogens (primary N) is 1. The SMILES string of the molecule is Cc1cc(S(=O)(=O)NC2CCOC2C)cc(CN)c1F. The van der Waals surface area contributed by atoms with E-state index in [2.05, 4.69) is 4.72 Å². The van der Waals surface area contributed by atoms with Gasteiger partial charge in [-0.2, -0.15) is 0 Å². The van der Waals surface area contributed by atoms with Crippen LogP contribution in [-0.2, 0) is 21.3 Å². The highest BCUT2D eigenvalue weighted by Crippen LogP contribution is 2.21. The van der Waals surface area contributed by atoms with E-state index >= 15 is 0 Å². The molecule has 1 aliphatic rings. The number of ether oxygens (including phenoxy) is 1. The summed E-state index contributed by atoms with van der Waals surface area (Å²) in [5.74, 6) is -0.455. The van der Waals surface area contributed by atoms with Gasteiger partial charge in [0.25, 0.3) is 0 Å². The highest BCUT2D eigenvalue weighted by molar-refractivity contribution is 7.89. The number of hydrogen-bond donors (Lipinski definition) is 2. The van der Waals surface area contributed by atoms with Crippen LogP contribution < -0.4 is 10.5 Å². The molecule has 3 N–H and O–H groups in total. The second-order valence-corrected chi connectivity index (χ2v) is 6.72. The molecule has 0 bridgehead atoms. The van der Waals surface area contributed by atoms with Gasteiger partial charge < -0.3 is 10.5 Å². The maximum Gasteiger partial charge on any atom is 0.240 e. The lowest BCUT2D eigenvalue weighted by Gasteiger charge is -2.17. The summed E-state index contributed by atoms with van der Waals surface area (Å²) in [6.45, 7) is 3.83. The summed E-state index contributed by atoms with van der Waals surface area (Å²) >= 11 is 0. The third-order valence-corrected chi connectivity index (χ3v) is 4.99. The van der Waals surface area contributed by atoms with Crippen molar-refractivity contribution in [3.63, 3.8) is 0 Å². The average Bonchev–Trinajstić information content (AvgIpc) is 2.77. The van der Waals surface area contributed by atoms with Gasteiger partial charge in [0, 0.05) is 18.7 Å². The molecule has 1 saturated heterocycles. The fraction of sp³-hybridized carbons (Fsp3) is 0.538. The van der Waals surface area contributed by atoms with Gasteiger partial charge >= 0.3 is 0 Å². The number of hydrogen-bond acceptors (Lipinski definition) is 4. The molecule has 1 heterocycles. The van der Waals surface area contributed by atoms with Gasteiger partial charge in [-0.3, -0.25) is 0 Å². The molecule has 1 fully saturated rings. The first-order valence-corrected chi connectivity index (χ1v) is 7.96. The lowest BCUT2D eigenvalue weighted by molar-refractivity contribution is 0.117. The number of benzene rings is 1. The van der Waals surface area contributed by atoms with Crippen LogP contribution in [0.25, 0.3) is 0 Å². The molecule has 0 amide bonds. The Morgan fingerprint density at radius 3 is 2.75 bits per heavy atom. The molecule has 20 heavy (non-hydrogen) atoms. The summed E-state index contributed by atoms with van der Waals surface area (Å²) < 4.78 is 46.3. The Morgan fingerprint density at radius 2 is 2.20 bits per heavy atom. The molecule has 1 aliphatic heterocycles. The molecule has 7 heteroatoms. The van der Waals surface area contributed by atoms with Crippen molar-refractivity contribution < 1.29 is 17.5 Å². The predicted octanol–water partition coefficient (Wildman–Crippen LogP) is 1.05. The standard InChI is InChI=1S/C13H19FN2O3S/c1-8-5-11(6-10(7-15)13(8)14)20(17,18)16-12-3-4-19-9(12)2/h5-6,9,12,16H,3-4,7,15H2,1-2H3. The highest BCUT2D eigenvalue weighted by Gasteiger charge is 2.29. The Balaban J connectivity index is 2.32. The van der Waals surface area contributed by atoms with E-state index in [1.54, 1.807) is 0 Å². The normalized spacial score (nSPS) is 23.2. The van der Waals surface area contributed by atoms with Crippen LogP contribution in [0, 0.1) is 12.7 Å². The number of sulfonamides is 1. The maximum atomic E-state index is 13.7. The molecular formula is C13H19FN2O3S. The molecule has 112 valence electrons. The van der Waals surface area contributed by atoms with Crippen LogP contribution in [0.1, 0.15) is 24.5 Å². The van der Waals surface area contributed by atoms with Crippen LogP contribution in [0.4, 0.5) is 4.39 Å². The second kappa shape index (κ2) is 5.77. The van der Waals surface area contributed by atoms with E-state index in [9.17, 15) is 12.8 Å². The summed E-state index contributed by atoms with van der Waals surface area (Å²) in [7, 11) is -3.70. The topological polar surface area (TPSA) is 81.4 Å². The van der Waals surface area contributed by atoms with Gasteiger partial charge in [0.2, 0.25) is 10.0 Å². The Hall–Kier alpha value is -1.02. The zero-order chi connectivity index (χ0) is 14.9. The summed E-state index contributed by atoms with van der Waals surface area (Å²) in [5.41, 5.74) is 5.91. The summed E-state index contributed by atoms with van der Waals surface area (Å²) in [4.78, 5) is 0.0379. The van der Waals surface area contributed by atoms with Crippen molar-refractivity contribution in [2.75, 3.05) is 6.61 Å². The second-order valence-electron chi connectivity index (χ2n) is 5.01. The van der Waals surface area contributed by atoms with Gasteiger partial charge in [0.05, 0.1) is 17.0 Å².